The van der Waals surface area contributed by atoms with Crippen LogP contribution in [0.2, 0.25) is 0 Å². The van der Waals surface area contributed by atoms with Crippen LogP contribution < -0.4 is 21.2 Å². The van der Waals surface area contributed by atoms with Gasteiger partial charge in [0.2, 0.25) is 0 Å². The zero-order valence-corrected chi connectivity index (χ0v) is 23.2. The number of nitrogens with one attached hydrogen (secondary N) is 1. The van der Waals surface area contributed by atoms with E-state index in [0.29, 0.717) is 5.56 Å². The average Bonchev–Trinajstić information content (AvgIpc) is 3.04. The van der Waals surface area contributed by atoms with Gasteiger partial charge in [-0.1, -0.05) is 0 Å². The number of methoxy groups -OCH3 is 1. The van der Waals surface area contributed by atoms with E-state index < -0.39 is 13.2 Å². The van der Waals surface area contributed by atoms with Gasteiger partial charge in [-0.3, -0.25) is 0 Å². The molecule has 1 amide bonds. The van der Waals surface area contributed by atoms with Crippen molar-refractivity contribution in [3.63, 3.8) is 0 Å². The Bertz CT molecular complexity index is 1510. The Morgan fingerprint density at radius 1 is 0.525 bits per heavy atom. The number of hydrogen-bond donors (Lipinski definition) is 1. The van der Waals surface area contributed by atoms with Gasteiger partial charge in [0.1, 0.15) is 0 Å². The van der Waals surface area contributed by atoms with E-state index in [1.165, 1.54) is 7.11 Å². The first-order valence-corrected chi connectivity index (χ1v) is 15.1. The van der Waals surface area contributed by atoms with Crippen molar-refractivity contribution in [2.24, 2.45) is 0 Å². The van der Waals surface area contributed by atoms with Crippen LogP contribution in [0.1, 0.15) is 15.9 Å². The Morgan fingerprint density at radius 3 is 1.25 bits per heavy atom. The van der Waals surface area contributed by atoms with Gasteiger partial charge >= 0.3 is 236 Å². The van der Waals surface area contributed by atoms with E-state index in [4.69, 9.17) is 4.74 Å². The molecule has 5 rings (SSSR count). The number of hydrogen-bond acceptors (Lipinski definition) is 3. The molecule has 0 bridgehead atoms. The number of rotatable bonds is 8. The maximum atomic E-state index is 13.8. The van der Waals surface area contributed by atoms with Crippen molar-refractivity contribution < 1.29 is 14.3 Å². The van der Waals surface area contributed by atoms with Crippen molar-refractivity contribution in [2.45, 2.75) is 0 Å². The van der Waals surface area contributed by atoms with E-state index >= 15 is 0 Å². The van der Waals surface area contributed by atoms with Gasteiger partial charge in [-0.15, -0.1) is 0 Å². The SMILES string of the molecule is COC(=O)/C(NC(=O)c1ccccc1)=C(/c1ccccc1)[PH](c1ccccc1)(c1ccccc1)c1ccccc1. The second kappa shape index (κ2) is 12.4. The van der Waals surface area contributed by atoms with Crippen molar-refractivity contribution >= 4 is 40.4 Å². The van der Waals surface area contributed by atoms with Crippen LogP contribution in [0.3, 0.4) is 0 Å². The maximum absolute atomic E-state index is 13.8. The van der Waals surface area contributed by atoms with Crippen LogP contribution >= 0.6 is 7.26 Å². The first-order valence-electron chi connectivity index (χ1n) is 13.1. The van der Waals surface area contributed by atoms with Crippen LogP contribution in [-0.4, -0.2) is 19.0 Å². The minimum absolute atomic E-state index is 0.130. The predicted octanol–water partition coefficient (Wildman–Crippen LogP) is 5.68. The van der Waals surface area contributed by atoms with Gasteiger partial charge in [-0.2, -0.15) is 0 Å². The molecule has 0 saturated carbocycles. The van der Waals surface area contributed by atoms with Gasteiger partial charge in [0, 0.05) is 0 Å². The third-order valence-corrected chi connectivity index (χ3v) is 11.9. The molecule has 0 spiro atoms. The van der Waals surface area contributed by atoms with Gasteiger partial charge in [0.25, 0.3) is 0 Å². The van der Waals surface area contributed by atoms with E-state index in [1.54, 1.807) is 24.3 Å². The summed E-state index contributed by atoms with van der Waals surface area (Å²) in [4.78, 5) is 27.4. The van der Waals surface area contributed by atoms with E-state index in [-0.39, 0.29) is 11.6 Å². The molecule has 198 valence electrons. The molecular formula is C35H30NO3P. The van der Waals surface area contributed by atoms with Crippen molar-refractivity contribution in [1.29, 1.82) is 0 Å². The summed E-state index contributed by atoms with van der Waals surface area (Å²) in [6.07, 6.45) is 0. The number of carbonyl (C=O) groups is 2. The molecular weight excluding hydrogens is 513 g/mol. The zero-order chi connectivity index (χ0) is 27.8. The van der Waals surface area contributed by atoms with E-state index in [9.17, 15) is 9.59 Å². The molecule has 0 radical (unpaired) electrons. The fourth-order valence-electron chi connectivity index (χ4n) is 5.24. The van der Waals surface area contributed by atoms with Crippen LogP contribution in [-0.2, 0) is 9.53 Å². The summed E-state index contributed by atoms with van der Waals surface area (Å²) in [5.74, 6) is -0.991. The number of benzene rings is 5. The third kappa shape index (κ3) is 5.22. The normalized spacial score (nSPS) is 12.1. The molecule has 0 aliphatic carbocycles. The van der Waals surface area contributed by atoms with Crippen molar-refractivity contribution in [3.8, 4) is 0 Å². The van der Waals surface area contributed by atoms with Gasteiger partial charge in [0.05, 0.1) is 0 Å². The summed E-state index contributed by atoms with van der Waals surface area (Å²) in [6, 6.07) is 49.5. The monoisotopic (exact) mass is 543 g/mol. The Balaban J connectivity index is 1.96. The summed E-state index contributed by atoms with van der Waals surface area (Å²) in [7, 11) is -1.90. The van der Waals surface area contributed by atoms with Crippen molar-refractivity contribution in [3.05, 3.63) is 168 Å². The molecule has 5 aromatic rings. The Labute approximate surface area is 235 Å². The van der Waals surface area contributed by atoms with Crippen LogP contribution in [0.4, 0.5) is 0 Å². The van der Waals surface area contributed by atoms with Crippen LogP contribution in [0.15, 0.2) is 157 Å². The predicted molar refractivity (Wildman–Crippen MR) is 166 cm³/mol. The van der Waals surface area contributed by atoms with E-state index in [2.05, 4.69) is 41.7 Å². The van der Waals surface area contributed by atoms with Crippen molar-refractivity contribution in [1.82, 2.24) is 5.32 Å². The molecule has 40 heavy (non-hydrogen) atoms. The molecule has 5 heteroatoms. The summed E-state index contributed by atoms with van der Waals surface area (Å²) in [6.45, 7) is 0. The quantitative estimate of drug-likeness (QED) is 0.156. The standard InChI is InChI=1S/C35H30NO3P/c1-39-35(38)32(36-34(37)28-19-9-3-10-20-28)33(27-17-7-2-8-18-27)40(29-21-11-4-12-22-29,30-23-13-5-14-24-30)31-25-15-6-16-26-31/h2-26,40H,1H3,(H,36,37)/b33-32+. The Hall–Kier alpha value is -4.79. The Morgan fingerprint density at radius 2 is 0.875 bits per heavy atom. The molecule has 0 aliphatic rings. The number of amides is 1. The molecule has 4 nitrogen and oxygen atoms in total. The second-order valence-corrected chi connectivity index (χ2v) is 13.0. The van der Waals surface area contributed by atoms with E-state index in [1.807, 2.05) is 91.0 Å². The fraction of sp³-hybridized carbons (Fsp3) is 0.0286. The zero-order valence-electron chi connectivity index (χ0n) is 22.2. The molecule has 0 fully saturated rings. The molecule has 0 saturated heterocycles. The van der Waals surface area contributed by atoms with Crippen LogP contribution in [0, 0.1) is 0 Å². The van der Waals surface area contributed by atoms with Gasteiger partial charge in [0.15, 0.2) is 0 Å². The van der Waals surface area contributed by atoms with Gasteiger partial charge < -0.3 is 0 Å². The first kappa shape index (κ1) is 26.8. The fourth-order valence-corrected chi connectivity index (χ4v) is 10.3. The molecule has 0 atom stereocenters. The van der Waals surface area contributed by atoms with Crippen LogP contribution in [0.25, 0.3) is 5.31 Å². The minimum atomic E-state index is -3.24. The summed E-state index contributed by atoms with van der Waals surface area (Å²) >= 11 is 0. The van der Waals surface area contributed by atoms with Crippen LogP contribution in [0.5, 0.6) is 0 Å². The summed E-state index contributed by atoms with van der Waals surface area (Å²) in [5, 5.41) is 6.95. The topological polar surface area (TPSA) is 55.4 Å². The molecule has 0 heterocycles. The number of ether oxygens (including phenoxy) is 1. The number of carbonyl (C=O) groups excluding carboxylic acids is 2. The molecule has 0 aromatic heterocycles. The Kier molecular flexibility index (Phi) is 8.29. The van der Waals surface area contributed by atoms with E-state index in [0.717, 1.165) is 26.8 Å². The molecule has 0 aliphatic heterocycles. The molecule has 0 unspecified atom stereocenters. The van der Waals surface area contributed by atoms with Gasteiger partial charge in [-0.25, -0.2) is 0 Å². The second-order valence-electron chi connectivity index (χ2n) is 9.28. The average molecular weight is 544 g/mol. The molecule has 1 N–H and O–H groups in total. The third-order valence-electron chi connectivity index (χ3n) is 6.97. The van der Waals surface area contributed by atoms with Gasteiger partial charge in [-0.05, 0) is 0 Å². The first-order chi connectivity index (χ1) is 19.7. The molecule has 5 aromatic carbocycles. The summed E-state index contributed by atoms with van der Waals surface area (Å²) in [5.41, 5.74) is 1.41. The van der Waals surface area contributed by atoms with Crippen molar-refractivity contribution in [2.75, 3.05) is 7.11 Å². The number of esters is 1. The summed E-state index contributed by atoms with van der Waals surface area (Å²) < 4.78 is 5.37.